The number of nitrogens with one attached hydrogen (secondary N) is 1. The smallest absolute Gasteiger partial charge is 0.00678 e. The van der Waals surface area contributed by atoms with Crippen LogP contribution < -0.4 is 5.32 Å². The molecule has 0 amide bonds. The first-order valence-corrected chi connectivity index (χ1v) is 4.77. The molecule has 0 aliphatic carbocycles. The molecular formula is C10H21N. The standard InChI is InChI=1S/C10H21N/c1-5-9-6-8(7-11-9)10(2,3)4/h8-9,11H,5-7H2,1-4H3/t8?,9-/m1/s1. The highest BCUT2D eigenvalue weighted by Gasteiger charge is 2.31. The molecule has 1 heteroatoms. The van der Waals surface area contributed by atoms with E-state index in [1.807, 2.05) is 0 Å². The fourth-order valence-electron chi connectivity index (χ4n) is 1.79. The summed E-state index contributed by atoms with van der Waals surface area (Å²) in [5.41, 5.74) is 0.497. The second kappa shape index (κ2) is 3.14. The van der Waals surface area contributed by atoms with E-state index in [9.17, 15) is 0 Å². The quantitative estimate of drug-likeness (QED) is 0.613. The molecule has 1 nitrogen and oxygen atoms in total. The maximum Gasteiger partial charge on any atom is 0.00678 e. The normalized spacial score (nSPS) is 32.7. The highest BCUT2D eigenvalue weighted by Crippen LogP contribution is 2.32. The largest absolute Gasteiger partial charge is 0.314 e. The Morgan fingerprint density at radius 2 is 2.00 bits per heavy atom. The van der Waals surface area contributed by atoms with E-state index in [1.165, 1.54) is 19.4 Å². The van der Waals surface area contributed by atoms with Gasteiger partial charge in [-0.15, -0.1) is 0 Å². The summed E-state index contributed by atoms with van der Waals surface area (Å²) in [6.07, 6.45) is 2.66. The highest BCUT2D eigenvalue weighted by molar-refractivity contribution is 4.86. The van der Waals surface area contributed by atoms with E-state index in [1.54, 1.807) is 0 Å². The lowest BCUT2D eigenvalue weighted by molar-refractivity contribution is 0.257. The molecule has 1 unspecified atom stereocenters. The minimum atomic E-state index is 0.497. The predicted octanol–water partition coefficient (Wildman–Crippen LogP) is 2.42. The van der Waals surface area contributed by atoms with Crippen molar-refractivity contribution >= 4 is 0 Å². The summed E-state index contributed by atoms with van der Waals surface area (Å²) in [4.78, 5) is 0. The Kier molecular flexibility index (Phi) is 2.58. The molecular weight excluding hydrogens is 134 g/mol. The first kappa shape index (κ1) is 9.05. The third kappa shape index (κ3) is 2.19. The van der Waals surface area contributed by atoms with Crippen molar-refractivity contribution in [3.8, 4) is 0 Å². The van der Waals surface area contributed by atoms with Crippen LogP contribution in [-0.4, -0.2) is 12.6 Å². The van der Waals surface area contributed by atoms with E-state index < -0.39 is 0 Å². The van der Waals surface area contributed by atoms with Gasteiger partial charge in [-0.3, -0.25) is 0 Å². The second-order valence-electron chi connectivity index (χ2n) is 4.81. The van der Waals surface area contributed by atoms with Gasteiger partial charge in [0, 0.05) is 6.04 Å². The molecule has 0 aromatic heterocycles. The molecule has 0 radical (unpaired) electrons. The van der Waals surface area contributed by atoms with Crippen LogP contribution in [0.1, 0.15) is 40.5 Å². The summed E-state index contributed by atoms with van der Waals surface area (Å²) in [5, 5.41) is 3.56. The fourth-order valence-corrected chi connectivity index (χ4v) is 1.79. The van der Waals surface area contributed by atoms with Gasteiger partial charge in [-0.1, -0.05) is 27.7 Å². The van der Waals surface area contributed by atoms with Gasteiger partial charge in [-0.25, -0.2) is 0 Å². The molecule has 1 fully saturated rings. The number of rotatable bonds is 1. The number of hydrogen-bond donors (Lipinski definition) is 1. The maximum absolute atomic E-state index is 3.56. The van der Waals surface area contributed by atoms with Crippen molar-refractivity contribution in [1.82, 2.24) is 5.32 Å². The Balaban J connectivity index is 2.42. The summed E-state index contributed by atoms with van der Waals surface area (Å²) < 4.78 is 0. The van der Waals surface area contributed by atoms with E-state index in [0.29, 0.717) is 5.41 Å². The Morgan fingerprint density at radius 3 is 2.27 bits per heavy atom. The van der Waals surface area contributed by atoms with Crippen LogP contribution in [0.5, 0.6) is 0 Å². The van der Waals surface area contributed by atoms with Crippen molar-refractivity contribution in [2.24, 2.45) is 11.3 Å². The van der Waals surface area contributed by atoms with Crippen LogP contribution in [-0.2, 0) is 0 Å². The van der Waals surface area contributed by atoms with Crippen molar-refractivity contribution in [2.75, 3.05) is 6.54 Å². The lowest BCUT2D eigenvalue weighted by Gasteiger charge is -2.25. The molecule has 11 heavy (non-hydrogen) atoms. The topological polar surface area (TPSA) is 12.0 Å². The molecule has 1 saturated heterocycles. The lowest BCUT2D eigenvalue weighted by Crippen LogP contribution is -2.23. The maximum atomic E-state index is 3.56. The van der Waals surface area contributed by atoms with Gasteiger partial charge in [0.15, 0.2) is 0 Å². The van der Waals surface area contributed by atoms with Crippen LogP contribution in [0.25, 0.3) is 0 Å². The van der Waals surface area contributed by atoms with Gasteiger partial charge in [-0.2, -0.15) is 0 Å². The van der Waals surface area contributed by atoms with Crippen LogP contribution in [0.3, 0.4) is 0 Å². The average Bonchev–Trinajstić information content (AvgIpc) is 2.32. The predicted molar refractivity (Wildman–Crippen MR) is 49.6 cm³/mol. The summed E-state index contributed by atoms with van der Waals surface area (Å²) in [6.45, 7) is 10.5. The first-order chi connectivity index (χ1) is 5.04. The minimum Gasteiger partial charge on any atom is -0.314 e. The summed E-state index contributed by atoms with van der Waals surface area (Å²) in [6, 6.07) is 0.791. The van der Waals surface area contributed by atoms with Gasteiger partial charge in [-0.05, 0) is 30.7 Å². The molecule has 0 saturated carbocycles. The second-order valence-corrected chi connectivity index (χ2v) is 4.81. The van der Waals surface area contributed by atoms with Crippen LogP contribution in [0.15, 0.2) is 0 Å². The third-order valence-electron chi connectivity index (χ3n) is 2.94. The molecule has 2 atom stereocenters. The van der Waals surface area contributed by atoms with Crippen molar-refractivity contribution in [2.45, 2.75) is 46.6 Å². The monoisotopic (exact) mass is 155 g/mol. The fraction of sp³-hybridized carbons (Fsp3) is 1.00. The molecule has 1 N–H and O–H groups in total. The van der Waals surface area contributed by atoms with E-state index in [2.05, 4.69) is 33.0 Å². The molecule has 0 aromatic rings. The van der Waals surface area contributed by atoms with E-state index in [0.717, 1.165) is 12.0 Å². The van der Waals surface area contributed by atoms with Gasteiger partial charge in [0.05, 0.1) is 0 Å². The average molecular weight is 155 g/mol. The van der Waals surface area contributed by atoms with Gasteiger partial charge in [0.25, 0.3) is 0 Å². The van der Waals surface area contributed by atoms with Crippen molar-refractivity contribution in [3.63, 3.8) is 0 Å². The Hall–Kier alpha value is -0.0400. The molecule has 0 spiro atoms. The Bertz CT molecular complexity index is 123. The molecule has 1 heterocycles. The highest BCUT2D eigenvalue weighted by atomic mass is 14.9. The van der Waals surface area contributed by atoms with Gasteiger partial charge >= 0.3 is 0 Å². The minimum absolute atomic E-state index is 0.497. The van der Waals surface area contributed by atoms with Crippen molar-refractivity contribution < 1.29 is 0 Å². The van der Waals surface area contributed by atoms with Crippen LogP contribution >= 0.6 is 0 Å². The molecule has 66 valence electrons. The zero-order chi connectivity index (χ0) is 8.48. The molecule has 0 bridgehead atoms. The van der Waals surface area contributed by atoms with Crippen LogP contribution in [0, 0.1) is 11.3 Å². The summed E-state index contributed by atoms with van der Waals surface area (Å²) in [7, 11) is 0. The molecule has 0 aromatic carbocycles. The van der Waals surface area contributed by atoms with E-state index in [4.69, 9.17) is 0 Å². The van der Waals surface area contributed by atoms with E-state index in [-0.39, 0.29) is 0 Å². The van der Waals surface area contributed by atoms with Crippen LogP contribution in [0.2, 0.25) is 0 Å². The summed E-state index contributed by atoms with van der Waals surface area (Å²) >= 11 is 0. The SMILES string of the molecule is CC[C@@H]1CC(C(C)(C)C)CN1. The third-order valence-corrected chi connectivity index (χ3v) is 2.94. The molecule has 1 rings (SSSR count). The zero-order valence-electron chi connectivity index (χ0n) is 8.28. The molecule has 1 aliphatic rings. The van der Waals surface area contributed by atoms with Gasteiger partial charge in [0.2, 0.25) is 0 Å². The summed E-state index contributed by atoms with van der Waals surface area (Å²) in [5.74, 6) is 0.882. The van der Waals surface area contributed by atoms with Crippen LogP contribution in [0.4, 0.5) is 0 Å². The lowest BCUT2D eigenvalue weighted by atomic mass is 9.79. The van der Waals surface area contributed by atoms with E-state index >= 15 is 0 Å². The molecule has 1 aliphatic heterocycles. The Labute approximate surface area is 70.6 Å². The van der Waals surface area contributed by atoms with Gasteiger partial charge < -0.3 is 5.32 Å². The zero-order valence-corrected chi connectivity index (χ0v) is 8.28. The van der Waals surface area contributed by atoms with Crippen molar-refractivity contribution in [3.05, 3.63) is 0 Å². The first-order valence-electron chi connectivity index (χ1n) is 4.77. The Morgan fingerprint density at radius 1 is 1.36 bits per heavy atom. The van der Waals surface area contributed by atoms with Gasteiger partial charge in [0.1, 0.15) is 0 Å². The van der Waals surface area contributed by atoms with Crippen molar-refractivity contribution in [1.29, 1.82) is 0 Å². The number of hydrogen-bond acceptors (Lipinski definition) is 1.